The number of rotatable bonds is 11. The van der Waals surface area contributed by atoms with Gasteiger partial charge in [0.1, 0.15) is 17.5 Å². The zero-order valence-corrected chi connectivity index (χ0v) is 20.8. The molecule has 1 heterocycles. The first-order valence-electron chi connectivity index (χ1n) is 11.8. The highest BCUT2D eigenvalue weighted by molar-refractivity contribution is 6.01. The lowest BCUT2D eigenvalue weighted by molar-refractivity contribution is -0.121. The van der Waals surface area contributed by atoms with E-state index in [9.17, 15) is 14.4 Å². The standard InChI is InChI=1S/C28H32N4O4/c1-18(2)15-24(27(29)34)32-28(35)26-23(9-6-14-30-26)22-8-5-4-7-20(22)17-31-25(33)16-19-10-12-21(36-3)13-11-19/h4-14,18,24H,15-17H2,1-3H3,(H2,29,34)(H,31,33)(H,32,35)/t24-/m0/s1. The number of nitrogens with two attached hydrogens (primary N) is 1. The Balaban J connectivity index is 1.77. The average Bonchev–Trinajstić information content (AvgIpc) is 2.87. The quantitative estimate of drug-likeness (QED) is 0.382. The highest BCUT2D eigenvalue weighted by Gasteiger charge is 2.23. The van der Waals surface area contributed by atoms with E-state index >= 15 is 0 Å². The van der Waals surface area contributed by atoms with Crippen LogP contribution in [0.3, 0.4) is 0 Å². The van der Waals surface area contributed by atoms with Crippen LogP contribution in [0.25, 0.3) is 11.1 Å². The molecule has 188 valence electrons. The SMILES string of the molecule is COc1ccc(CC(=O)NCc2ccccc2-c2cccnc2C(=O)N[C@@H](CC(C)C)C(N)=O)cc1. The van der Waals surface area contributed by atoms with Crippen LogP contribution < -0.4 is 21.1 Å². The van der Waals surface area contributed by atoms with E-state index in [1.165, 1.54) is 6.20 Å². The number of carbonyl (C=O) groups excluding carboxylic acids is 3. The fraction of sp³-hybridized carbons (Fsp3) is 0.286. The van der Waals surface area contributed by atoms with Crippen molar-refractivity contribution in [1.29, 1.82) is 0 Å². The summed E-state index contributed by atoms with van der Waals surface area (Å²) in [6, 6.07) is 17.6. The van der Waals surface area contributed by atoms with Crippen molar-refractivity contribution in [1.82, 2.24) is 15.6 Å². The summed E-state index contributed by atoms with van der Waals surface area (Å²) in [5.41, 5.74) is 8.75. The minimum Gasteiger partial charge on any atom is -0.497 e. The Morgan fingerprint density at radius 1 is 0.972 bits per heavy atom. The van der Waals surface area contributed by atoms with E-state index in [-0.39, 0.29) is 30.5 Å². The largest absolute Gasteiger partial charge is 0.497 e. The van der Waals surface area contributed by atoms with E-state index in [4.69, 9.17) is 10.5 Å². The number of pyridine rings is 1. The van der Waals surface area contributed by atoms with Crippen LogP contribution in [-0.2, 0) is 22.6 Å². The van der Waals surface area contributed by atoms with Crippen molar-refractivity contribution in [2.24, 2.45) is 11.7 Å². The van der Waals surface area contributed by atoms with Crippen LogP contribution in [-0.4, -0.2) is 35.9 Å². The third kappa shape index (κ3) is 7.15. The molecule has 4 N–H and O–H groups in total. The van der Waals surface area contributed by atoms with Gasteiger partial charge in [-0.05, 0) is 47.2 Å². The molecule has 0 aliphatic rings. The number of benzene rings is 2. The minimum atomic E-state index is -0.792. The second kappa shape index (κ2) is 12.5. The molecule has 8 nitrogen and oxygen atoms in total. The first-order valence-corrected chi connectivity index (χ1v) is 11.8. The molecule has 0 saturated heterocycles. The third-order valence-electron chi connectivity index (χ3n) is 5.69. The highest BCUT2D eigenvalue weighted by Crippen LogP contribution is 2.26. The normalized spacial score (nSPS) is 11.6. The van der Waals surface area contributed by atoms with Gasteiger partial charge < -0.3 is 21.1 Å². The van der Waals surface area contributed by atoms with Gasteiger partial charge in [0.25, 0.3) is 5.91 Å². The van der Waals surface area contributed by atoms with Gasteiger partial charge in [0, 0.05) is 18.3 Å². The maximum atomic E-state index is 13.1. The lowest BCUT2D eigenvalue weighted by atomic mass is 9.97. The fourth-order valence-electron chi connectivity index (χ4n) is 3.87. The van der Waals surface area contributed by atoms with E-state index in [2.05, 4.69) is 15.6 Å². The topological polar surface area (TPSA) is 123 Å². The molecule has 2 aromatic carbocycles. The first kappa shape index (κ1) is 26.4. The van der Waals surface area contributed by atoms with Gasteiger partial charge >= 0.3 is 0 Å². The average molecular weight is 489 g/mol. The van der Waals surface area contributed by atoms with E-state index in [1.807, 2.05) is 62.4 Å². The summed E-state index contributed by atoms with van der Waals surface area (Å²) in [5, 5.41) is 5.68. The van der Waals surface area contributed by atoms with Crippen molar-refractivity contribution in [3.63, 3.8) is 0 Å². The van der Waals surface area contributed by atoms with Crippen molar-refractivity contribution in [3.05, 3.63) is 83.7 Å². The second-order valence-corrected chi connectivity index (χ2v) is 8.92. The Hall–Kier alpha value is -4.20. The predicted octanol–water partition coefficient (Wildman–Crippen LogP) is 3.25. The van der Waals surface area contributed by atoms with Crippen LogP contribution in [0.2, 0.25) is 0 Å². The summed E-state index contributed by atoms with van der Waals surface area (Å²) < 4.78 is 5.15. The molecule has 8 heteroatoms. The van der Waals surface area contributed by atoms with Crippen LogP contribution in [0.4, 0.5) is 0 Å². The number of hydrogen-bond donors (Lipinski definition) is 3. The predicted molar refractivity (Wildman–Crippen MR) is 138 cm³/mol. The molecule has 0 bridgehead atoms. The molecular formula is C28H32N4O4. The number of carbonyl (C=O) groups is 3. The highest BCUT2D eigenvalue weighted by atomic mass is 16.5. The first-order chi connectivity index (χ1) is 17.3. The van der Waals surface area contributed by atoms with E-state index in [0.29, 0.717) is 12.0 Å². The van der Waals surface area contributed by atoms with Gasteiger partial charge in [-0.25, -0.2) is 0 Å². The zero-order valence-electron chi connectivity index (χ0n) is 20.8. The van der Waals surface area contributed by atoms with Gasteiger partial charge in [-0.15, -0.1) is 0 Å². The maximum Gasteiger partial charge on any atom is 0.271 e. The molecule has 3 aromatic rings. The molecule has 3 rings (SSSR count). The number of nitrogens with one attached hydrogen (secondary N) is 2. The Morgan fingerprint density at radius 3 is 2.33 bits per heavy atom. The van der Waals surface area contributed by atoms with Crippen molar-refractivity contribution in [2.45, 2.75) is 39.3 Å². The second-order valence-electron chi connectivity index (χ2n) is 8.92. The zero-order chi connectivity index (χ0) is 26.1. The fourth-order valence-corrected chi connectivity index (χ4v) is 3.87. The van der Waals surface area contributed by atoms with Gasteiger partial charge in [0.2, 0.25) is 11.8 Å². The number of methoxy groups -OCH3 is 1. The maximum absolute atomic E-state index is 13.1. The molecule has 1 aromatic heterocycles. The molecule has 3 amide bonds. The van der Waals surface area contributed by atoms with Crippen molar-refractivity contribution in [2.75, 3.05) is 7.11 Å². The van der Waals surface area contributed by atoms with Crippen LogP contribution in [0.15, 0.2) is 66.9 Å². The smallest absolute Gasteiger partial charge is 0.271 e. The van der Waals surface area contributed by atoms with Crippen molar-refractivity contribution in [3.8, 4) is 16.9 Å². The minimum absolute atomic E-state index is 0.128. The van der Waals surface area contributed by atoms with Crippen LogP contribution in [0.5, 0.6) is 5.75 Å². The van der Waals surface area contributed by atoms with Crippen LogP contribution >= 0.6 is 0 Å². The number of amides is 3. The van der Waals surface area contributed by atoms with Crippen LogP contribution in [0, 0.1) is 5.92 Å². The number of ether oxygens (including phenoxy) is 1. The van der Waals surface area contributed by atoms with Gasteiger partial charge in [-0.3, -0.25) is 19.4 Å². The Bertz CT molecular complexity index is 1210. The molecule has 0 radical (unpaired) electrons. The van der Waals surface area contributed by atoms with Gasteiger partial charge in [0.15, 0.2) is 0 Å². The lowest BCUT2D eigenvalue weighted by Crippen LogP contribution is -2.45. The molecule has 0 aliphatic heterocycles. The van der Waals surface area contributed by atoms with E-state index < -0.39 is 17.9 Å². The van der Waals surface area contributed by atoms with Crippen LogP contribution in [0.1, 0.15) is 41.9 Å². The van der Waals surface area contributed by atoms with Crippen molar-refractivity contribution < 1.29 is 19.1 Å². The third-order valence-corrected chi connectivity index (χ3v) is 5.69. The Kier molecular flexibility index (Phi) is 9.16. The summed E-state index contributed by atoms with van der Waals surface area (Å²) in [7, 11) is 1.60. The molecule has 36 heavy (non-hydrogen) atoms. The number of hydrogen-bond acceptors (Lipinski definition) is 5. The molecule has 0 saturated carbocycles. The molecule has 0 aliphatic carbocycles. The van der Waals surface area contributed by atoms with Gasteiger partial charge in [-0.2, -0.15) is 0 Å². The van der Waals surface area contributed by atoms with Gasteiger partial charge in [0.05, 0.1) is 13.5 Å². The molecular weight excluding hydrogens is 456 g/mol. The lowest BCUT2D eigenvalue weighted by Gasteiger charge is -2.19. The molecule has 0 fully saturated rings. The van der Waals surface area contributed by atoms with E-state index in [1.54, 1.807) is 19.2 Å². The number of aromatic nitrogens is 1. The summed E-state index contributed by atoms with van der Waals surface area (Å²) in [5.74, 6) is -0.288. The Morgan fingerprint density at radius 2 is 1.67 bits per heavy atom. The summed E-state index contributed by atoms with van der Waals surface area (Å²) in [4.78, 5) is 41.8. The Labute approximate surface area is 211 Å². The molecule has 0 spiro atoms. The van der Waals surface area contributed by atoms with Gasteiger partial charge in [-0.1, -0.05) is 56.3 Å². The summed E-state index contributed by atoms with van der Waals surface area (Å²) in [6.07, 6.45) is 2.19. The molecule has 1 atom stereocenters. The monoisotopic (exact) mass is 488 g/mol. The van der Waals surface area contributed by atoms with Crippen molar-refractivity contribution >= 4 is 17.7 Å². The van der Waals surface area contributed by atoms with E-state index in [0.717, 1.165) is 22.4 Å². The number of primary amides is 1. The number of nitrogens with zero attached hydrogens (tertiary/aromatic N) is 1. The summed E-state index contributed by atoms with van der Waals surface area (Å²) >= 11 is 0. The summed E-state index contributed by atoms with van der Waals surface area (Å²) in [6.45, 7) is 4.18. The molecule has 0 unspecified atom stereocenters.